The molecule has 12 heavy (non-hydrogen) atoms. The number of hydrogen-bond donors (Lipinski definition) is 0. The zero-order chi connectivity index (χ0) is 8.39. The van der Waals surface area contributed by atoms with Gasteiger partial charge in [-0.2, -0.15) is 0 Å². The molecule has 0 heterocycles. The molecule has 0 aromatic rings. The third kappa shape index (κ3) is 1.37. The molecular formula is C11H18O. The first kappa shape index (κ1) is 8.15. The first-order valence-electron chi connectivity index (χ1n) is 5.13. The fourth-order valence-corrected chi connectivity index (χ4v) is 2.88. The predicted molar refractivity (Wildman–Crippen MR) is 49.8 cm³/mol. The molecule has 68 valence electrons. The van der Waals surface area contributed by atoms with Crippen LogP contribution in [0.5, 0.6) is 0 Å². The van der Waals surface area contributed by atoms with Crippen LogP contribution in [0, 0.1) is 11.8 Å². The van der Waals surface area contributed by atoms with Crippen LogP contribution in [0.15, 0.2) is 11.8 Å². The number of fused-ring (bicyclic) bond motifs is 1. The van der Waals surface area contributed by atoms with Crippen LogP contribution in [-0.4, -0.2) is 7.11 Å². The van der Waals surface area contributed by atoms with Gasteiger partial charge < -0.3 is 4.74 Å². The minimum absolute atomic E-state index is 0.888. The van der Waals surface area contributed by atoms with Gasteiger partial charge >= 0.3 is 0 Å². The summed E-state index contributed by atoms with van der Waals surface area (Å²) in [5.41, 5.74) is 1.59. The number of rotatable bonds is 1. The lowest BCUT2D eigenvalue weighted by molar-refractivity contribution is 0.288. The van der Waals surface area contributed by atoms with Crippen LogP contribution in [0.1, 0.15) is 38.5 Å². The monoisotopic (exact) mass is 166 g/mol. The summed E-state index contributed by atoms with van der Waals surface area (Å²) in [6.45, 7) is 0. The highest BCUT2D eigenvalue weighted by molar-refractivity contribution is 5.12. The maximum absolute atomic E-state index is 5.11. The van der Waals surface area contributed by atoms with Gasteiger partial charge in [0.2, 0.25) is 0 Å². The third-order valence-corrected chi connectivity index (χ3v) is 3.46. The van der Waals surface area contributed by atoms with E-state index in [2.05, 4.69) is 0 Å². The summed E-state index contributed by atoms with van der Waals surface area (Å²) in [5, 5.41) is 0. The standard InChI is InChI=1S/C11H18O/c1-12-8-10-7-6-9-4-2-3-5-11(9)10/h8-9,11H,2-7H2,1H3/b10-8-. The van der Waals surface area contributed by atoms with Crippen molar-refractivity contribution >= 4 is 0 Å². The molecule has 0 aromatic heterocycles. The molecule has 0 aliphatic heterocycles. The summed E-state index contributed by atoms with van der Waals surface area (Å²) < 4.78 is 5.11. The first-order valence-corrected chi connectivity index (χ1v) is 5.13. The molecule has 2 aliphatic carbocycles. The highest BCUT2D eigenvalue weighted by atomic mass is 16.5. The van der Waals surface area contributed by atoms with Crippen LogP contribution in [0.2, 0.25) is 0 Å². The van der Waals surface area contributed by atoms with Crippen molar-refractivity contribution in [3.8, 4) is 0 Å². The lowest BCUT2D eigenvalue weighted by Gasteiger charge is -2.25. The van der Waals surface area contributed by atoms with Crippen LogP contribution < -0.4 is 0 Å². The van der Waals surface area contributed by atoms with Gasteiger partial charge in [0.25, 0.3) is 0 Å². The fourth-order valence-electron chi connectivity index (χ4n) is 2.88. The summed E-state index contributed by atoms with van der Waals surface area (Å²) in [4.78, 5) is 0. The minimum atomic E-state index is 0.888. The van der Waals surface area contributed by atoms with E-state index in [1.165, 1.54) is 38.5 Å². The maximum atomic E-state index is 5.11. The minimum Gasteiger partial charge on any atom is -0.504 e. The average molecular weight is 166 g/mol. The summed E-state index contributed by atoms with van der Waals surface area (Å²) in [5.74, 6) is 1.89. The maximum Gasteiger partial charge on any atom is 0.0819 e. The van der Waals surface area contributed by atoms with E-state index in [9.17, 15) is 0 Å². The van der Waals surface area contributed by atoms with Gasteiger partial charge in [-0.15, -0.1) is 0 Å². The van der Waals surface area contributed by atoms with E-state index in [4.69, 9.17) is 4.74 Å². The molecule has 2 fully saturated rings. The summed E-state index contributed by atoms with van der Waals surface area (Å²) in [7, 11) is 1.77. The molecule has 0 N–H and O–H groups in total. The summed E-state index contributed by atoms with van der Waals surface area (Å²) in [6, 6.07) is 0. The lowest BCUT2D eigenvalue weighted by atomic mass is 9.80. The molecule has 0 saturated heterocycles. The van der Waals surface area contributed by atoms with Crippen LogP contribution in [0.4, 0.5) is 0 Å². The molecule has 0 radical (unpaired) electrons. The third-order valence-electron chi connectivity index (χ3n) is 3.46. The second-order valence-electron chi connectivity index (χ2n) is 4.12. The van der Waals surface area contributed by atoms with Gasteiger partial charge in [0.05, 0.1) is 13.4 Å². The Morgan fingerprint density at radius 3 is 2.92 bits per heavy atom. The zero-order valence-corrected chi connectivity index (χ0v) is 7.88. The van der Waals surface area contributed by atoms with E-state index in [0.29, 0.717) is 0 Å². The van der Waals surface area contributed by atoms with Crippen molar-refractivity contribution in [2.75, 3.05) is 7.11 Å². The van der Waals surface area contributed by atoms with E-state index in [1.54, 1.807) is 12.7 Å². The van der Waals surface area contributed by atoms with Gasteiger partial charge in [-0.3, -0.25) is 0 Å². The SMILES string of the molecule is CO/C=C1/CCC2CCCCC12. The topological polar surface area (TPSA) is 9.23 Å². The zero-order valence-electron chi connectivity index (χ0n) is 7.88. The molecule has 2 rings (SSSR count). The highest BCUT2D eigenvalue weighted by Crippen LogP contribution is 2.45. The molecule has 0 bridgehead atoms. The molecule has 2 aliphatic rings. The number of methoxy groups -OCH3 is 1. The van der Waals surface area contributed by atoms with E-state index in [1.807, 2.05) is 6.26 Å². The Morgan fingerprint density at radius 2 is 2.08 bits per heavy atom. The van der Waals surface area contributed by atoms with Crippen molar-refractivity contribution in [3.63, 3.8) is 0 Å². The Kier molecular flexibility index (Phi) is 2.38. The van der Waals surface area contributed by atoms with Crippen LogP contribution >= 0.6 is 0 Å². The Hall–Kier alpha value is -0.460. The smallest absolute Gasteiger partial charge is 0.0819 e. The molecule has 2 atom stereocenters. The normalized spacial score (nSPS) is 38.2. The second kappa shape index (κ2) is 3.51. The molecule has 1 heteroatoms. The number of ether oxygens (including phenoxy) is 1. The molecule has 0 spiro atoms. The van der Waals surface area contributed by atoms with Gasteiger partial charge in [0.1, 0.15) is 0 Å². The second-order valence-corrected chi connectivity index (χ2v) is 4.12. The Bertz CT molecular complexity index is 183. The average Bonchev–Trinajstić information content (AvgIpc) is 2.50. The van der Waals surface area contributed by atoms with Crippen molar-refractivity contribution < 1.29 is 4.74 Å². The fraction of sp³-hybridized carbons (Fsp3) is 0.818. The molecule has 2 saturated carbocycles. The largest absolute Gasteiger partial charge is 0.504 e. The van der Waals surface area contributed by atoms with Gasteiger partial charge in [-0.25, -0.2) is 0 Å². The summed E-state index contributed by atoms with van der Waals surface area (Å²) >= 11 is 0. The van der Waals surface area contributed by atoms with E-state index < -0.39 is 0 Å². The van der Waals surface area contributed by atoms with Gasteiger partial charge in [-0.05, 0) is 43.1 Å². The Morgan fingerprint density at radius 1 is 1.25 bits per heavy atom. The van der Waals surface area contributed by atoms with Crippen LogP contribution in [0.25, 0.3) is 0 Å². The van der Waals surface area contributed by atoms with E-state index in [-0.39, 0.29) is 0 Å². The number of hydrogen-bond acceptors (Lipinski definition) is 1. The van der Waals surface area contributed by atoms with Gasteiger partial charge in [0.15, 0.2) is 0 Å². The highest BCUT2D eigenvalue weighted by Gasteiger charge is 2.33. The summed E-state index contributed by atoms with van der Waals surface area (Å²) in [6.07, 6.45) is 10.5. The van der Waals surface area contributed by atoms with Crippen LogP contribution in [0.3, 0.4) is 0 Å². The lowest BCUT2D eigenvalue weighted by Crippen LogP contribution is -2.14. The number of allylic oxidation sites excluding steroid dienone is 1. The molecule has 0 aromatic carbocycles. The van der Waals surface area contributed by atoms with Crippen molar-refractivity contribution in [2.24, 2.45) is 11.8 Å². The van der Waals surface area contributed by atoms with Crippen molar-refractivity contribution in [1.29, 1.82) is 0 Å². The van der Waals surface area contributed by atoms with E-state index >= 15 is 0 Å². The molecule has 2 unspecified atom stereocenters. The molecule has 0 amide bonds. The van der Waals surface area contributed by atoms with Crippen molar-refractivity contribution in [2.45, 2.75) is 38.5 Å². The van der Waals surface area contributed by atoms with E-state index in [0.717, 1.165) is 11.8 Å². The first-order chi connectivity index (χ1) is 5.92. The Balaban J connectivity index is 2.05. The quantitative estimate of drug-likeness (QED) is 0.544. The predicted octanol–water partition coefficient (Wildman–Crippen LogP) is 3.12. The Labute approximate surface area is 74.8 Å². The molecule has 1 nitrogen and oxygen atoms in total. The van der Waals surface area contributed by atoms with Gasteiger partial charge in [-0.1, -0.05) is 12.8 Å². The van der Waals surface area contributed by atoms with Crippen LogP contribution in [-0.2, 0) is 4.74 Å². The van der Waals surface area contributed by atoms with Gasteiger partial charge in [0, 0.05) is 0 Å². The molecular weight excluding hydrogens is 148 g/mol. The van der Waals surface area contributed by atoms with Crippen molar-refractivity contribution in [3.05, 3.63) is 11.8 Å². The van der Waals surface area contributed by atoms with Crippen molar-refractivity contribution in [1.82, 2.24) is 0 Å².